The molecule has 0 spiro atoms. The van der Waals surface area contributed by atoms with Gasteiger partial charge < -0.3 is 5.32 Å². The van der Waals surface area contributed by atoms with Crippen molar-refractivity contribution < 1.29 is 0 Å². The summed E-state index contributed by atoms with van der Waals surface area (Å²) in [4.78, 5) is 0.973. The molecule has 72 valence electrons. The van der Waals surface area contributed by atoms with Gasteiger partial charge in [0, 0.05) is 17.2 Å². The van der Waals surface area contributed by atoms with Gasteiger partial charge >= 0.3 is 0 Å². The highest BCUT2D eigenvalue weighted by atomic mass is 35.5. The third-order valence-corrected chi connectivity index (χ3v) is 3.51. The van der Waals surface area contributed by atoms with Gasteiger partial charge in [-0.3, -0.25) is 0 Å². The van der Waals surface area contributed by atoms with Crippen LogP contribution in [0.5, 0.6) is 0 Å². The topological polar surface area (TPSA) is 12.0 Å². The molecule has 0 unspecified atom stereocenters. The second-order valence-electron chi connectivity index (χ2n) is 2.50. The second-order valence-corrected chi connectivity index (χ2v) is 4.42. The van der Waals surface area contributed by atoms with Crippen molar-refractivity contribution in [2.45, 2.75) is 4.90 Å². The van der Waals surface area contributed by atoms with Gasteiger partial charge in [-0.1, -0.05) is 29.3 Å². The van der Waals surface area contributed by atoms with E-state index in [0.717, 1.165) is 27.2 Å². The monoisotopic (exact) mass is 235 g/mol. The molecule has 0 aliphatic heterocycles. The zero-order valence-corrected chi connectivity index (χ0v) is 9.64. The standard InChI is InChI=1S/C9H11Cl2NS/c1-12-5-6-13-9-7(10)3-2-4-8(9)11/h2-4,12H,5-6H2,1H3. The molecule has 13 heavy (non-hydrogen) atoms. The van der Waals surface area contributed by atoms with E-state index in [4.69, 9.17) is 23.2 Å². The van der Waals surface area contributed by atoms with Crippen LogP contribution in [-0.2, 0) is 0 Å². The molecule has 0 bridgehead atoms. The van der Waals surface area contributed by atoms with Gasteiger partial charge in [0.05, 0.1) is 10.0 Å². The first-order chi connectivity index (χ1) is 6.25. The molecule has 0 saturated carbocycles. The van der Waals surface area contributed by atoms with Gasteiger partial charge in [-0.15, -0.1) is 11.8 Å². The van der Waals surface area contributed by atoms with Crippen LogP contribution in [0.4, 0.5) is 0 Å². The first-order valence-electron chi connectivity index (χ1n) is 3.97. The normalized spacial score (nSPS) is 10.4. The van der Waals surface area contributed by atoms with Gasteiger partial charge in [0.1, 0.15) is 0 Å². The van der Waals surface area contributed by atoms with Crippen molar-refractivity contribution in [3.8, 4) is 0 Å². The molecule has 1 nitrogen and oxygen atoms in total. The van der Waals surface area contributed by atoms with E-state index in [1.807, 2.05) is 25.2 Å². The summed E-state index contributed by atoms with van der Waals surface area (Å²) in [6.45, 7) is 0.951. The highest BCUT2D eigenvalue weighted by Gasteiger charge is 2.04. The maximum Gasteiger partial charge on any atom is 0.0556 e. The van der Waals surface area contributed by atoms with E-state index < -0.39 is 0 Å². The average molecular weight is 236 g/mol. The Morgan fingerprint density at radius 2 is 1.92 bits per heavy atom. The van der Waals surface area contributed by atoms with Gasteiger partial charge in [0.25, 0.3) is 0 Å². The molecular formula is C9H11Cl2NS. The summed E-state index contributed by atoms with van der Waals surface area (Å²) in [6.07, 6.45) is 0. The van der Waals surface area contributed by atoms with E-state index in [9.17, 15) is 0 Å². The van der Waals surface area contributed by atoms with Crippen molar-refractivity contribution in [2.24, 2.45) is 0 Å². The summed E-state index contributed by atoms with van der Waals surface area (Å²) in [6, 6.07) is 5.57. The highest BCUT2D eigenvalue weighted by molar-refractivity contribution is 7.99. The Morgan fingerprint density at radius 3 is 2.46 bits per heavy atom. The molecule has 0 heterocycles. The summed E-state index contributed by atoms with van der Waals surface area (Å²) in [5.41, 5.74) is 0. The van der Waals surface area contributed by atoms with Crippen LogP contribution in [0.25, 0.3) is 0 Å². The lowest BCUT2D eigenvalue weighted by Gasteiger charge is -2.05. The zero-order chi connectivity index (χ0) is 9.68. The lowest BCUT2D eigenvalue weighted by atomic mass is 10.4. The largest absolute Gasteiger partial charge is 0.319 e. The van der Waals surface area contributed by atoms with Gasteiger partial charge in [-0.05, 0) is 19.2 Å². The van der Waals surface area contributed by atoms with Crippen LogP contribution in [-0.4, -0.2) is 19.3 Å². The fourth-order valence-corrected chi connectivity index (χ4v) is 2.52. The van der Waals surface area contributed by atoms with Crippen LogP contribution >= 0.6 is 35.0 Å². The predicted molar refractivity (Wildman–Crippen MR) is 61.1 cm³/mol. The third kappa shape index (κ3) is 3.39. The summed E-state index contributed by atoms with van der Waals surface area (Å²) in [5, 5.41) is 4.53. The van der Waals surface area contributed by atoms with Crippen molar-refractivity contribution in [1.82, 2.24) is 5.32 Å². The van der Waals surface area contributed by atoms with Gasteiger partial charge in [0.2, 0.25) is 0 Å². The molecule has 0 saturated heterocycles. The molecule has 0 radical (unpaired) electrons. The highest BCUT2D eigenvalue weighted by Crippen LogP contribution is 2.33. The smallest absolute Gasteiger partial charge is 0.0556 e. The number of halogens is 2. The van der Waals surface area contributed by atoms with Crippen LogP contribution in [0.2, 0.25) is 10.0 Å². The minimum absolute atomic E-state index is 0.730. The summed E-state index contributed by atoms with van der Waals surface area (Å²) in [5.74, 6) is 0.972. The summed E-state index contributed by atoms with van der Waals surface area (Å²) >= 11 is 13.6. The first kappa shape index (κ1) is 11.2. The summed E-state index contributed by atoms with van der Waals surface area (Å²) in [7, 11) is 1.93. The Morgan fingerprint density at radius 1 is 1.31 bits per heavy atom. The Hall–Kier alpha value is 0.110. The van der Waals surface area contributed by atoms with E-state index in [0.29, 0.717) is 0 Å². The number of rotatable bonds is 4. The van der Waals surface area contributed by atoms with E-state index in [-0.39, 0.29) is 0 Å². The van der Waals surface area contributed by atoms with Crippen molar-refractivity contribution in [3.05, 3.63) is 28.2 Å². The Labute approximate surface area is 92.8 Å². The molecular weight excluding hydrogens is 225 g/mol. The lowest BCUT2D eigenvalue weighted by molar-refractivity contribution is 0.872. The molecule has 4 heteroatoms. The van der Waals surface area contributed by atoms with Crippen LogP contribution < -0.4 is 5.32 Å². The van der Waals surface area contributed by atoms with E-state index in [2.05, 4.69) is 5.32 Å². The van der Waals surface area contributed by atoms with Gasteiger partial charge in [-0.25, -0.2) is 0 Å². The molecule has 0 aromatic heterocycles. The Kier molecular flexibility index (Phi) is 4.96. The minimum atomic E-state index is 0.730. The molecule has 0 aliphatic carbocycles. The third-order valence-electron chi connectivity index (χ3n) is 1.52. The van der Waals surface area contributed by atoms with E-state index in [1.54, 1.807) is 11.8 Å². The van der Waals surface area contributed by atoms with Crippen LogP contribution in [0.15, 0.2) is 23.1 Å². The number of hydrogen-bond acceptors (Lipinski definition) is 2. The molecule has 1 aromatic carbocycles. The number of nitrogens with one attached hydrogen (secondary N) is 1. The number of benzene rings is 1. The maximum atomic E-state index is 5.98. The quantitative estimate of drug-likeness (QED) is 0.635. The Balaban J connectivity index is 2.64. The van der Waals surface area contributed by atoms with Crippen molar-refractivity contribution in [1.29, 1.82) is 0 Å². The predicted octanol–water partition coefficient (Wildman–Crippen LogP) is 3.30. The van der Waals surface area contributed by atoms with Crippen molar-refractivity contribution >= 4 is 35.0 Å². The Bertz CT molecular complexity index is 258. The van der Waals surface area contributed by atoms with Crippen LogP contribution in [0.1, 0.15) is 0 Å². The van der Waals surface area contributed by atoms with Crippen molar-refractivity contribution in [3.63, 3.8) is 0 Å². The van der Waals surface area contributed by atoms with Crippen LogP contribution in [0, 0.1) is 0 Å². The SMILES string of the molecule is CNCCSc1c(Cl)cccc1Cl. The molecule has 1 aromatic rings. The first-order valence-corrected chi connectivity index (χ1v) is 5.71. The van der Waals surface area contributed by atoms with E-state index >= 15 is 0 Å². The zero-order valence-electron chi connectivity index (χ0n) is 7.31. The molecule has 0 aliphatic rings. The fourth-order valence-electron chi connectivity index (χ4n) is 0.876. The van der Waals surface area contributed by atoms with Crippen molar-refractivity contribution in [2.75, 3.05) is 19.3 Å². The van der Waals surface area contributed by atoms with Gasteiger partial charge in [-0.2, -0.15) is 0 Å². The number of hydrogen-bond donors (Lipinski definition) is 1. The summed E-state index contributed by atoms with van der Waals surface area (Å²) < 4.78 is 0. The molecule has 0 amide bonds. The molecule has 1 rings (SSSR count). The van der Waals surface area contributed by atoms with Crippen LogP contribution in [0.3, 0.4) is 0 Å². The maximum absolute atomic E-state index is 5.98. The van der Waals surface area contributed by atoms with Gasteiger partial charge in [0.15, 0.2) is 0 Å². The molecule has 1 N–H and O–H groups in total. The lowest BCUT2D eigenvalue weighted by Crippen LogP contribution is -2.09. The molecule has 0 atom stereocenters. The minimum Gasteiger partial charge on any atom is -0.319 e. The number of thioether (sulfide) groups is 1. The fraction of sp³-hybridized carbons (Fsp3) is 0.333. The van der Waals surface area contributed by atoms with E-state index in [1.165, 1.54) is 0 Å². The average Bonchev–Trinajstić information content (AvgIpc) is 2.10. The second kappa shape index (κ2) is 5.76. The molecule has 0 fully saturated rings.